The normalized spacial score (nSPS) is 11.5. The van der Waals surface area contributed by atoms with Crippen molar-refractivity contribution >= 4 is 17.2 Å². The van der Waals surface area contributed by atoms with Gasteiger partial charge in [-0.1, -0.05) is 37.6 Å². The van der Waals surface area contributed by atoms with Crippen molar-refractivity contribution in [1.29, 1.82) is 0 Å². The van der Waals surface area contributed by atoms with E-state index in [0.717, 1.165) is 40.3 Å². The van der Waals surface area contributed by atoms with Crippen LogP contribution >= 0.6 is 11.6 Å². The number of halogens is 1. The van der Waals surface area contributed by atoms with Crippen LogP contribution in [-0.2, 0) is 6.42 Å². The molecule has 1 aromatic carbocycles. The molecule has 0 amide bonds. The predicted molar refractivity (Wildman–Crippen MR) is 91.3 cm³/mol. The number of fused-ring (bicyclic) bond motifs is 1. The van der Waals surface area contributed by atoms with Gasteiger partial charge >= 0.3 is 0 Å². The van der Waals surface area contributed by atoms with Gasteiger partial charge in [-0.25, -0.2) is 9.50 Å². The summed E-state index contributed by atoms with van der Waals surface area (Å²) < 4.78 is 1.99. The largest absolute Gasteiger partial charge is 0.236 e. The molecular weight excluding hydrogens is 294 g/mol. The molecule has 3 aromatic rings. The zero-order valence-corrected chi connectivity index (χ0v) is 13.9. The highest BCUT2D eigenvalue weighted by atomic mass is 35.5. The Bertz CT molecular complexity index is 788. The number of hydrogen-bond donors (Lipinski definition) is 0. The molecule has 4 heteroatoms. The lowest BCUT2D eigenvalue weighted by Crippen LogP contribution is -2.02. The van der Waals surface area contributed by atoms with Crippen molar-refractivity contribution in [3.05, 3.63) is 52.9 Å². The summed E-state index contributed by atoms with van der Waals surface area (Å²) in [6, 6.07) is 9.92. The van der Waals surface area contributed by atoms with Crippen molar-refractivity contribution < 1.29 is 0 Å². The molecule has 22 heavy (non-hydrogen) atoms. The summed E-state index contributed by atoms with van der Waals surface area (Å²) in [5.74, 6) is 0.676. The second-order valence-corrected chi connectivity index (χ2v) is 6.51. The molecule has 0 aliphatic heterocycles. The maximum absolute atomic E-state index is 5.99. The topological polar surface area (TPSA) is 30.2 Å². The standard InChI is InChI=1S/C18H20ClN3/c1-12(2)4-9-16-10-11-20-18-17(13(3)21-22(16)18)14-5-7-15(19)8-6-14/h5-8,10-12H,4,9H2,1-3H3. The van der Waals surface area contributed by atoms with Crippen molar-refractivity contribution in [2.75, 3.05) is 0 Å². The molecule has 0 radical (unpaired) electrons. The molecule has 0 N–H and O–H groups in total. The molecule has 0 atom stereocenters. The molecule has 114 valence electrons. The molecule has 0 bridgehead atoms. The number of nitrogens with zero attached hydrogens (tertiary/aromatic N) is 3. The van der Waals surface area contributed by atoms with Crippen molar-refractivity contribution in [3.63, 3.8) is 0 Å². The Morgan fingerprint density at radius 3 is 2.55 bits per heavy atom. The fourth-order valence-electron chi connectivity index (χ4n) is 2.68. The van der Waals surface area contributed by atoms with Gasteiger partial charge in [-0.15, -0.1) is 0 Å². The van der Waals surface area contributed by atoms with Crippen LogP contribution in [0, 0.1) is 12.8 Å². The van der Waals surface area contributed by atoms with Gasteiger partial charge in [-0.2, -0.15) is 5.10 Å². The highest BCUT2D eigenvalue weighted by molar-refractivity contribution is 6.30. The van der Waals surface area contributed by atoms with Gasteiger partial charge in [0.15, 0.2) is 5.65 Å². The van der Waals surface area contributed by atoms with Gasteiger partial charge in [-0.05, 0) is 49.4 Å². The third-order valence-electron chi connectivity index (χ3n) is 3.88. The van der Waals surface area contributed by atoms with E-state index < -0.39 is 0 Å². The van der Waals surface area contributed by atoms with E-state index in [-0.39, 0.29) is 0 Å². The lowest BCUT2D eigenvalue weighted by Gasteiger charge is -2.07. The Morgan fingerprint density at radius 2 is 1.86 bits per heavy atom. The van der Waals surface area contributed by atoms with E-state index in [1.165, 1.54) is 5.69 Å². The average Bonchev–Trinajstić information content (AvgIpc) is 2.82. The highest BCUT2D eigenvalue weighted by Gasteiger charge is 2.14. The van der Waals surface area contributed by atoms with Crippen LogP contribution in [0.25, 0.3) is 16.8 Å². The smallest absolute Gasteiger partial charge is 0.163 e. The first-order valence-electron chi connectivity index (χ1n) is 7.65. The minimum atomic E-state index is 0.676. The van der Waals surface area contributed by atoms with Gasteiger partial charge in [0.2, 0.25) is 0 Å². The predicted octanol–water partition coefficient (Wildman–Crippen LogP) is 4.95. The molecule has 0 unspecified atom stereocenters. The lowest BCUT2D eigenvalue weighted by atomic mass is 10.1. The van der Waals surface area contributed by atoms with Crippen LogP contribution in [-0.4, -0.2) is 14.6 Å². The van der Waals surface area contributed by atoms with E-state index in [1.807, 2.05) is 41.9 Å². The first-order chi connectivity index (χ1) is 10.6. The fourth-order valence-corrected chi connectivity index (χ4v) is 2.81. The van der Waals surface area contributed by atoms with Crippen molar-refractivity contribution in [3.8, 4) is 11.1 Å². The maximum Gasteiger partial charge on any atom is 0.163 e. The van der Waals surface area contributed by atoms with E-state index in [0.29, 0.717) is 5.92 Å². The molecule has 2 heterocycles. The lowest BCUT2D eigenvalue weighted by molar-refractivity contribution is 0.574. The minimum Gasteiger partial charge on any atom is -0.236 e. The number of aromatic nitrogens is 3. The second kappa shape index (κ2) is 6.09. The summed E-state index contributed by atoms with van der Waals surface area (Å²) in [7, 11) is 0. The van der Waals surface area contributed by atoms with Crippen LogP contribution in [0.4, 0.5) is 0 Å². The van der Waals surface area contributed by atoms with Gasteiger partial charge in [-0.3, -0.25) is 0 Å². The highest BCUT2D eigenvalue weighted by Crippen LogP contribution is 2.28. The zero-order valence-electron chi connectivity index (χ0n) is 13.2. The monoisotopic (exact) mass is 313 g/mol. The summed E-state index contributed by atoms with van der Waals surface area (Å²) in [5, 5.41) is 5.45. The Labute approximate surface area is 136 Å². The van der Waals surface area contributed by atoms with E-state index in [9.17, 15) is 0 Å². The Kier molecular flexibility index (Phi) is 4.16. The maximum atomic E-state index is 5.99. The molecule has 0 saturated carbocycles. The number of rotatable bonds is 4. The molecule has 0 spiro atoms. The van der Waals surface area contributed by atoms with Crippen LogP contribution in [0.3, 0.4) is 0 Å². The minimum absolute atomic E-state index is 0.676. The molecule has 3 rings (SSSR count). The summed E-state index contributed by atoms with van der Waals surface area (Å²) in [6.45, 7) is 6.52. The summed E-state index contributed by atoms with van der Waals surface area (Å²) in [4.78, 5) is 4.56. The first kappa shape index (κ1) is 15.0. The van der Waals surface area contributed by atoms with Crippen LogP contribution in [0.15, 0.2) is 36.5 Å². The van der Waals surface area contributed by atoms with E-state index >= 15 is 0 Å². The van der Waals surface area contributed by atoms with Crippen LogP contribution in [0.1, 0.15) is 31.7 Å². The number of aryl methyl sites for hydroxylation is 2. The van der Waals surface area contributed by atoms with Gasteiger partial charge in [0.1, 0.15) is 0 Å². The summed E-state index contributed by atoms with van der Waals surface area (Å²) in [5.41, 5.74) is 5.31. The van der Waals surface area contributed by atoms with E-state index in [2.05, 4.69) is 24.9 Å². The summed E-state index contributed by atoms with van der Waals surface area (Å²) >= 11 is 5.99. The molecule has 0 saturated heterocycles. The van der Waals surface area contributed by atoms with Crippen LogP contribution in [0.2, 0.25) is 5.02 Å². The van der Waals surface area contributed by atoms with Gasteiger partial charge in [0, 0.05) is 22.5 Å². The van der Waals surface area contributed by atoms with E-state index in [1.54, 1.807) is 0 Å². The molecule has 2 aromatic heterocycles. The molecular formula is C18H20ClN3. The third-order valence-corrected chi connectivity index (χ3v) is 4.13. The fraction of sp³-hybridized carbons (Fsp3) is 0.333. The van der Waals surface area contributed by atoms with E-state index in [4.69, 9.17) is 16.7 Å². The molecule has 0 fully saturated rings. The molecule has 3 nitrogen and oxygen atoms in total. The van der Waals surface area contributed by atoms with Crippen molar-refractivity contribution in [2.45, 2.75) is 33.6 Å². The van der Waals surface area contributed by atoms with Crippen molar-refractivity contribution in [1.82, 2.24) is 14.6 Å². The van der Waals surface area contributed by atoms with Crippen LogP contribution < -0.4 is 0 Å². The van der Waals surface area contributed by atoms with Gasteiger partial charge in [0.05, 0.1) is 5.69 Å². The average molecular weight is 314 g/mol. The van der Waals surface area contributed by atoms with Gasteiger partial charge < -0.3 is 0 Å². The third kappa shape index (κ3) is 2.86. The quantitative estimate of drug-likeness (QED) is 0.682. The van der Waals surface area contributed by atoms with Gasteiger partial charge in [0.25, 0.3) is 0 Å². The SMILES string of the molecule is Cc1nn2c(CCC(C)C)ccnc2c1-c1ccc(Cl)cc1. The molecule has 0 aliphatic rings. The Hall–Kier alpha value is -1.87. The van der Waals surface area contributed by atoms with Crippen LogP contribution in [0.5, 0.6) is 0 Å². The summed E-state index contributed by atoms with van der Waals surface area (Å²) in [6.07, 6.45) is 4.04. The second-order valence-electron chi connectivity index (χ2n) is 6.07. The first-order valence-corrected chi connectivity index (χ1v) is 8.03. The number of hydrogen-bond acceptors (Lipinski definition) is 2. The molecule has 0 aliphatic carbocycles. The zero-order chi connectivity index (χ0) is 15.7. The Balaban J connectivity index is 2.10. The van der Waals surface area contributed by atoms with Crippen molar-refractivity contribution in [2.24, 2.45) is 5.92 Å². The number of benzene rings is 1. The Morgan fingerprint density at radius 1 is 1.14 bits per heavy atom.